The van der Waals surface area contributed by atoms with Gasteiger partial charge < -0.3 is 19.1 Å². The van der Waals surface area contributed by atoms with Gasteiger partial charge in [0.2, 0.25) is 0 Å². The van der Waals surface area contributed by atoms with Crippen LogP contribution in [0.5, 0.6) is 11.5 Å². The van der Waals surface area contributed by atoms with Crippen molar-refractivity contribution in [3.63, 3.8) is 0 Å². The summed E-state index contributed by atoms with van der Waals surface area (Å²) in [5.41, 5.74) is 0.158. The third-order valence-corrected chi connectivity index (χ3v) is 2.90. The molecule has 2 aromatic rings. The predicted molar refractivity (Wildman–Crippen MR) is 72.2 cm³/mol. The zero-order valence-electron chi connectivity index (χ0n) is 11.4. The predicted octanol–water partition coefficient (Wildman–Crippen LogP) is 2.19. The molecule has 1 heterocycles. The lowest BCUT2D eigenvalue weighted by atomic mass is 10.3. The number of aromatic carboxylic acids is 1. The molecule has 0 unspecified atom stereocenters. The molecule has 6 nitrogen and oxygen atoms in total. The second-order valence-electron chi connectivity index (χ2n) is 4.05. The maximum Gasteiger partial charge on any atom is 0.354 e. The lowest BCUT2D eigenvalue weighted by molar-refractivity contribution is 0.0684. The van der Waals surface area contributed by atoms with Gasteiger partial charge in [-0.15, -0.1) is 0 Å². The number of hydrogen-bond donors (Lipinski definition) is 1. The summed E-state index contributed by atoms with van der Waals surface area (Å²) in [6.07, 6.45) is 1.34. The number of para-hydroxylation sites is 2. The molecule has 0 aliphatic heterocycles. The van der Waals surface area contributed by atoms with Crippen molar-refractivity contribution < 1.29 is 19.4 Å². The van der Waals surface area contributed by atoms with Crippen LogP contribution in [0, 0.1) is 0 Å². The van der Waals surface area contributed by atoms with Crippen LogP contribution in [0.25, 0.3) is 0 Å². The van der Waals surface area contributed by atoms with Crippen LogP contribution < -0.4 is 9.47 Å². The van der Waals surface area contributed by atoms with Gasteiger partial charge in [0.15, 0.2) is 11.5 Å². The van der Waals surface area contributed by atoms with Crippen molar-refractivity contribution in [2.24, 2.45) is 0 Å². The Balaban J connectivity index is 2.17. The van der Waals surface area contributed by atoms with Gasteiger partial charge in [-0.2, -0.15) is 0 Å². The second kappa shape index (κ2) is 6.10. The van der Waals surface area contributed by atoms with E-state index in [2.05, 4.69) is 4.98 Å². The quantitative estimate of drug-likeness (QED) is 0.875. The molecule has 0 fully saturated rings. The Hall–Kier alpha value is -2.50. The van der Waals surface area contributed by atoms with Crippen molar-refractivity contribution in [2.75, 3.05) is 7.11 Å². The van der Waals surface area contributed by atoms with E-state index in [1.165, 1.54) is 6.20 Å². The standard InChI is InChI=1S/C14H16N2O4/c1-3-16-10(14(17)18)8-15-13(16)9-20-12-7-5-4-6-11(12)19-2/h4-8H,3,9H2,1-2H3,(H,17,18). The fraction of sp³-hybridized carbons (Fsp3) is 0.286. The van der Waals surface area contributed by atoms with Crippen molar-refractivity contribution >= 4 is 5.97 Å². The molecule has 0 atom stereocenters. The third-order valence-electron chi connectivity index (χ3n) is 2.90. The molecule has 0 amide bonds. The Morgan fingerprint density at radius 2 is 2.05 bits per heavy atom. The van der Waals surface area contributed by atoms with Crippen molar-refractivity contribution in [3.8, 4) is 11.5 Å². The van der Waals surface area contributed by atoms with Crippen LogP contribution in [-0.2, 0) is 13.2 Å². The Labute approximate surface area is 116 Å². The van der Waals surface area contributed by atoms with E-state index >= 15 is 0 Å². The number of rotatable bonds is 6. The van der Waals surface area contributed by atoms with Crippen LogP contribution >= 0.6 is 0 Å². The van der Waals surface area contributed by atoms with Crippen molar-refractivity contribution in [1.29, 1.82) is 0 Å². The summed E-state index contributed by atoms with van der Waals surface area (Å²) >= 11 is 0. The van der Waals surface area contributed by atoms with E-state index in [1.807, 2.05) is 19.1 Å². The Kier molecular flexibility index (Phi) is 4.24. The monoisotopic (exact) mass is 276 g/mol. The first-order valence-corrected chi connectivity index (χ1v) is 6.20. The largest absolute Gasteiger partial charge is 0.493 e. The molecule has 0 saturated carbocycles. The maximum absolute atomic E-state index is 11.0. The normalized spacial score (nSPS) is 10.3. The number of imidazole rings is 1. The maximum atomic E-state index is 11.0. The zero-order chi connectivity index (χ0) is 14.5. The van der Waals surface area contributed by atoms with Gasteiger partial charge >= 0.3 is 5.97 Å². The topological polar surface area (TPSA) is 73.6 Å². The zero-order valence-corrected chi connectivity index (χ0v) is 11.4. The van der Waals surface area contributed by atoms with Crippen molar-refractivity contribution in [2.45, 2.75) is 20.1 Å². The van der Waals surface area contributed by atoms with E-state index in [0.717, 1.165) is 0 Å². The molecule has 0 saturated heterocycles. The minimum atomic E-state index is -0.997. The van der Waals surface area contributed by atoms with E-state index in [1.54, 1.807) is 23.8 Å². The summed E-state index contributed by atoms with van der Waals surface area (Å²) in [6.45, 7) is 2.56. The van der Waals surface area contributed by atoms with E-state index in [-0.39, 0.29) is 12.3 Å². The van der Waals surface area contributed by atoms with Crippen LogP contribution in [0.3, 0.4) is 0 Å². The average Bonchev–Trinajstić information content (AvgIpc) is 2.88. The number of nitrogens with zero attached hydrogens (tertiary/aromatic N) is 2. The SMILES string of the molecule is CCn1c(C(=O)O)cnc1COc1ccccc1OC. The molecule has 1 N–H and O–H groups in total. The number of aromatic nitrogens is 2. The molecular weight excluding hydrogens is 260 g/mol. The molecule has 0 spiro atoms. The lowest BCUT2D eigenvalue weighted by Crippen LogP contribution is -2.12. The minimum absolute atomic E-state index is 0.158. The number of benzene rings is 1. The third kappa shape index (κ3) is 2.74. The summed E-state index contributed by atoms with van der Waals surface area (Å²) < 4.78 is 12.4. The van der Waals surface area contributed by atoms with Crippen LogP contribution in [0.15, 0.2) is 30.5 Å². The highest BCUT2D eigenvalue weighted by atomic mass is 16.5. The molecule has 6 heteroatoms. The van der Waals surface area contributed by atoms with Crippen LogP contribution in [-0.4, -0.2) is 27.7 Å². The van der Waals surface area contributed by atoms with Gasteiger partial charge in [0.1, 0.15) is 18.1 Å². The highest BCUT2D eigenvalue weighted by molar-refractivity contribution is 5.85. The van der Waals surface area contributed by atoms with Crippen molar-refractivity contribution in [1.82, 2.24) is 9.55 Å². The molecule has 1 aromatic carbocycles. The van der Waals surface area contributed by atoms with Crippen molar-refractivity contribution in [3.05, 3.63) is 42.0 Å². The van der Waals surface area contributed by atoms with Gasteiger partial charge in [-0.3, -0.25) is 0 Å². The first kappa shape index (κ1) is 13.9. The summed E-state index contributed by atoms with van der Waals surface area (Å²) in [6, 6.07) is 7.27. The minimum Gasteiger partial charge on any atom is -0.493 e. The highest BCUT2D eigenvalue weighted by Gasteiger charge is 2.15. The molecule has 0 aliphatic carbocycles. The van der Waals surface area contributed by atoms with Gasteiger partial charge in [-0.1, -0.05) is 12.1 Å². The number of hydrogen-bond acceptors (Lipinski definition) is 4. The second-order valence-corrected chi connectivity index (χ2v) is 4.05. The fourth-order valence-electron chi connectivity index (χ4n) is 1.93. The van der Waals surface area contributed by atoms with Gasteiger partial charge in [0.25, 0.3) is 0 Å². The van der Waals surface area contributed by atoms with Crippen LogP contribution in [0.4, 0.5) is 0 Å². The summed E-state index contributed by atoms with van der Waals surface area (Å²) in [5, 5.41) is 9.06. The van der Waals surface area contributed by atoms with E-state index in [0.29, 0.717) is 23.9 Å². The summed E-state index contributed by atoms with van der Waals surface area (Å²) in [7, 11) is 1.57. The van der Waals surface area contributed by atoms with Gasteiger partial charge in [0, 0.05) is 6.54 Å². The van der Waals surface area contributed by atoms with E-state index in [4.69, 9.17) is 14.6 Å². The van der Waals surface area contributed by atoms with Gasteiger partial charge in [0.05, 0.1) is 13.3 Å². The Morgan fingerprint density at radius 1 is 1.35 bits per heavy atom. The first-order chi connectivity index (χ1) is 9.67. The Bertz CT molecular complexity index is 607. The molecule has 1 aromatic heterocycles. The average molecular weight is 276 g/mol. The molecule has 106 valence electrons. The highest BCUT2D eigenvalue weighted by Crippen LogP contribution is 2.26. The number of carboxylic acids is 1. The first-order valence-electron chi connectivity index (χ1n) is 6.20. The van der Waals surface area contributed by atoms with Gasteiger partial charge in [-0.05, 0) is 19.1 Å². The summed E-state index contributed by atoms with van der Waals surface area (Å²) in [4.78, 5) is 15.1. The number of methoxy groups -OCH3 is 1. The number of ether oxygens (including phenoxy) is 2. The van der Waals surface area contributed by atoms with E-state index in [9.17, 15) is 4.79 Å². The fourth-order valence-corrected chi connectivity index (χ4v) is 1.93. The van der Waals surface area contributed by atoms with Crippen LogP contribution in [0.2, 0.25) is 0 Å². The molecule has 20 heavy (non-hydrogen) atoms. The Morgan fingerprint density at radius 3 is 2.65 bits per heavy atom. The number of carbonyl (C=O) groups is 1. The molecule has 2 rings (SSSR count). The molecule has 0 bridgehead atoms. The number of carboxylic acid groups (broad SMARTS) is 1. The molecule has 0 radical (unpaired) electrons. The summed E-state index contributed by atoms with van der Waals surface area (Å²) in [5.74, 6) is 0.789. The van der Waals surface area contributed by atoms with Crippen LogP contribution in [0.1, 0.15) is 23.2 Å². The lowest BCUT2D eigenvalue weighted by Gasteiger charge is -2.11. The van der Waals surface area contributed by atoms with Gasteiger partial charge in [-0.25, -0.2) is 9.78 Å². The smallest absolute Gasteiger partial charge is 0.354 e. The molecular formula is C14H16N2O4. The van der Waals surface area contributed by atoms with E-state index < -0.39 is 5.97 Å². The molecule has 0 aliphatic rings.